The number of β-amino-alcohol motifs (C(OH)–C–C–N with tert-alkyl or cyclic N) is 1. The molecule has 0 bridgehead atoms. The molecule has 2 aromatic carbocycles. The Kier molecular flexibility index (Phi) is 6.41. The number of halogens is 4. The Balaban J connectivity index is 1.27. The van der Waals surface area contributed by atoms with Gasteiger partial charge in [-0.3, -0.25) is 9.80 Å². The SMILES string of the molecule is OC1CN(c2cc(C(F)(F)F)c3ccccc3n2)CC1N1CCN(Cc2ccc(Cl)cc2)CC1. The summed E-state index contributed by atoms with van der Waals surface area (Å²) in [6.07, 6.45) is -5.12. The van der Waals surface area contributed by atoms with Crippen LogP contribution in [-0.2, 0) is 12.7 Å². The Morgan fingerprint density at radius 3 is 2.38 bits per heavy atom. The van der Waals surface area contributed by atoms with Crippen molar-refractivity contribution in [2.75, 3.05) is 44.2 Å². The highest BCUT2D eigenvalue weighted by atomic mass is 35.5. The molecule has 1 N–H and O–H groups in total. The lowest BCUT2D eigenvalue weighted by Crippen LogP contribution is -2.53. The minimum atomic E-state index is -4.48. The minimum Gasteiger partial charge on any atom is -0.390 e. The standard InChI is InChI=1S/C25H26ClF3N4O/c26-18-7-5-17(6-8-18)14-31-9-11-32(12-10-31)22-15-33(16-23(22)34)24-13-20(25(27,28)29)19-3-1-2-4-21(19)30-24/h1-8,13,22-23,34H,9-12,14-16H2. The van der Waals surface area contributed by atoms with E-state index in [0.717, 1.165) is 43.8 Å². The Bertz CT molecular complexity index is 1150. The van der Waals surface area contributed by atoms with E-state index in [2.05, 4.69) is 14.8 Å². The van der Waals surface area contributed by atoms with Crippen LogP contribution in [0.5, 0.6) is 0 Å². The summed E-state index contributed by atoms with van der Waals surface area (Å²) in [5.74, 6) is 0.258. The first-order valence-electron chi connectivity index (χ1n) is 11.4. The normalized spacial score (nSPS) is 22.6. The number of aromatic nitrogens is 1. The van der Waals surface area contributed by atoms with Gasteiger partial charge in [-0.1, -0.05) is 41.9 Å². The van der Waals surface area contributed by atoms with Crippen LogP contribution >= 0.6 is 11.6 Å². The first-order chi connectivity index (χ1) is 16.3. The quantitative estimate of drug-likeness (QED) is 0.591. The Hall–Kier alpha value is -2.39. The number of anilines is 1. The molecule has 3 heterocycles. The second-order valence-corrected chi connectivity index (χ2v) is 9.46. The van der Waals surface area contributed by atoms with Gasteiger partial charge in [0.2, 0.25) is 0 Å². The van der Waals surface area contributed by atoms with Crippen LogP contribution in [-0.4, -0.2) is 71.3 Å². The molecule has 0 radical (unpaired) electrons. The first kappa shape index (κ1) is 23.4. The predicted octanol–water partition coefficient (Wildman–Crippen LogP) is 4.27. The van der Waals surface area contributed by atoms with E-state index >= 15 is 0 Å². The summed E-state index contributed by atoms with van der Waals surface area (Å²) in [6.45, 7) is 4.85. The van der Waals surface area contributed by atoms with Crippen molar-refractivity contribution in [3.05, 3.63) is 70.7 Å². The zero-order chi connectivity index (χ0) is 23.9. The molecule has 0 spiro atoms. The van der Waals surface area contributed by atoms with E-state index in [1.54, 1.807) is 23.1 Å². The summed E-state index contributed by atoms with van der Waals surface area (Å²) in [5.41, 5.74) is 0.815. The van der Waals surface area contributed by atoms with Gasteiger partial charge >= 0.3 is 6.18 Å². The van der Waals surface area contributed by atoms with Crippen molar-refractivity contribution in [2.24, 2.45) is 0 Å². The molecule has 2 atom stereocenters. The fourth-order valence-electron chi connectivity index (χ4n) is 4.97. The van der Waals surface area contributed by atoms with Crippen molar-refractivity contribution in [1.82, 2.24) is 14.8 Å². The number of nitrogens with zero attached hydrogens (tertiary/aromatic N) is 4. The van der Waals surface area contributed by atoms with Gasteiger partial charge in [0.25, 0.3) is 0 Å². The molecule has 2 aliphatic rings. The van der Waals surface area contributed by atoms with Crippen molar-refractivity contribution in [3.8, 4) is 0 Å². The summed E-state index contributed by atoms with van der Waals surface area (Å²) >= 11 is 5.97. The van der Waals surface area contributed by atoms with Gasteiger partial charge in [0.15, 0.2) is 0 Å². The Morgan fingerprint density at radius 1 is 0.971 bits per heavy atom. The molecule has 0 aliphatic carbocycles. The number of para-hydroxylation sites is 1. The molecular formula is C25H26ClF3N4O. The maximum absolute atomic E-state index is 13.7. The molecule has 5 rings (SSSR count). The molecule has 180 valence electrons. The number of pyridine rings is 1. The van der Waals surface area contributed by atoms with E-state index < -0.39 is 17.8 Å². The monoisotopic (exact) mass is 490 g/mol. The van der Waals surface area contributed by atoms with Crippen LogP contribution in [0.1, 0.15) is 11.1 Å². The summed E-state index contributed by atoms with van der Waals surface area (Å²) in [6, 6.07) is 15.1. The molecule has 0 amide bonds. The van der Waals surface area contributed by atoms with Gasteiger partial charge in [-0.15, -0.1) is 0 Å². The summed E-state index contributed by atoms with van der Waals surface area (Å²) in [4.78, 5) is 10.9. The van der Waals surface area contributed by atoms with Crippen molar-refractivity contribution < 1.29 is 18.3 Å². The molecular weight excluding hydrogens is 465 g/mol. The number of fused-ring (bicyclic) bond motifs is 1. The number of aliphatic hydroxyl groups is 1. The van der Waals surface area contributed by atoms with Gasteiger partial charge in [0.1, 0.15) is 5.82 Å². The van der Waals surface area contributed by atoms with Crippen LogP contribution in [0.4, 0.5) is 19.0 Å². The van der Waals surface area contributed by atoms with Crippen molar-refractivity contribution in [3.63, 3.8) is 0 Å². The van der Waals surface area contributed by atoms with E-state index in [1.807, 2.05) is 24.3 Å². The number of hydrogen-bond acceptors (Lipinski definition) is 5. The average Bonchev–Trinajstić information content (AvgIpc) is 3.21. The summed E-state index contributed by atoms with van der Waals surface area (Å²) in [5, 5.41) is 11.6. The van der Waals surface area contributed by atoms with Crippen molar-refractivity contribution >= 4 is 28.3 Å². The van der Waals surface area contributed by atoms with Gasteiger partial charge in [-0.25, -0.2) is 4.98 Å². The second kappa shape index (κ2) is 9.34. The maximum Gasteiger partial charge on any atom is 0.417 e. The smallest absolute Gasteiger partial charge is 0.390 e. The molecule has 5 nitrogen and oxygen atoms in total. The van der Waals surface area contributed by atoms with E-state index in [1.165, 1.54) is 11.6 Å². The highest BCUT2D eigenvalue weighted by Gasteiger charge is 2.39. The number of hydrogen-bond donors (Lipinski definition) is 1. The summed E-state index contributed by atoms with van der Waals surface area (Å²) in [7, 11) is 0. The van der Waals surface area contributed by atoms with Crippen molar-refractivity contribution in [2.45, 2.75) is 24.9 Å². The van der Waals surface area contributed by atoms with Gasteiger partial charge in [-0.05, 0) is 29.8 Å². The number of benzene rings is 2. The van der Waals surface area contributed by atoms with Crippen LogP contribution in [0.3, 0.4) is 0 Å². The minimum absolute atomic E-state index is 0.0897. The third kappa shape index (κ3) is 4.86. The van der Waals surface area contributed by atoms with Gasteiger partial charge in [-0.2, -0.15) is 13.2 Å². The fraction of sp³-hybridized carbons (Fsp3) is 0.400. The molecule has 34 heavy (non-hydrogen) atoms. The van der Waals surface area contributed by atoms with Crippen LogP contribution < -0.4 is 4.90 Å². The van der Waals surface area contributed by atoms with Crippen LogP contribution in [0.15, 0.2) is 54.6 Å². The number of rotatable bonds is 4. The molecule has 2 saturated heterocycles. The molecule has 2 unspecified atom stereocenters. The van der Waals surface area contributed by atoms with Crippen LogP contribution in [0, 0.1) is 0 Å². The lowest BCUT2D eigenvalue weighted by atomic mass is 10.1. The Morgan fingerprint density at radius 2 is 1.68 bits per heavy atom. The molecule has 2 fully saturated rings. The second-order valence-electron chi connectivity index (χ2n) is 9.02. The maximum atomic E-state index is 13.7. The zero-order valence-electron chi connectivity index (χ0n) is 18.5. The number of aliphatic hydroxyl groups excluding tert-OH is 1. The first-order valence-corrected chi connectivity index (χ1v) is 11.8. The molecule has 9 heteroatoms. The molecule has 0 saturated carbocycles. The molecule has 3 aromatic rings. The predicted molar refractivity (Wildman–Crippen MR) is 127 cm³/mol. The lowest BCUT2D eigenvalue weighted by Gasteiger charge is -2.38. The highest BCUT2D eigenvalue weighted by Crippen LogP contribution is 2.37. The van der Waals surface area contributed by atoms with E-state index in [9.17, 15) is 18.3 Å². The van der Waals surface area contributed by atoms with Gasteiger partial charge in [0, 0.05) is 56.2 Å². The molecule has 1 aromatic heterocycles. The van der Waals surface area contributed by atoms with E-state index in [0.29, 0.717) is 12.1 Å². The fourth-order valence-corrected chi connectivity index (χ4v) is 5.10. The number of piperazine rings is 1. The van der Waals surface area contributed by atoms with Crippen LogP contribution in [0.2, 0.25) is 5.02 Å². The van der Waals surface area contributed by atoms with E-state index in [4.69, 9.17) is 11.6 Å². The largest absolute Gasteiger partial charge is 0.417 e. The topological polar surface area (TPSA) is 42.8 Å². The lowest BCUT2D eigenvalue weighted by molar-refractivity contribution is -0.136. The molecule has 2 aliphatic heterocycles. The number of alkyl halides is 3. The zero-order valence-corrected chi connectivity index (χ0v) is 19.3. The Labute approximate surface area is 201 Å². The van der Waals surface area contributed by atoms with Crippen LogP contribution in [0.25, 0.3) is 10.9 Å². The highest BCUT2D eigenvalue weighted by molar-refractivity contribution is 6.30. The van der Waals surface area contributed by atoms with Gasteiger partial charge < -0.3 is 10.0 Å². The third-order valence-corrected chi connectivity index (χ3v) is 7.04. The third-order valence-electron chi connectivity index (χ3n) is 6.79. The average molecular weight is 491 g/mol. The van der Waals surface area contributed by atoms with E-state index in [-0.39, 0.29) is 23.8 Å². The van der Waals surface area contributed by atoms with Gasteiger partial charge in [0.05, 0.1) is 23.2 Å². The van der Waals surface area contributed by atoms with Crippen molar-refractivity contribution in [1.29, 1.82) is 0 Å². The summed E-state index contributed by atoms with van der Waals surface area (Å²) < 4.78 is 41.2.